The quantitative estimate of drug-likeness (QED) is 0.465. The maximum atomic E-state index is 12.6. The lowest BCUT2D eigenvalue weighted by molar-refractivity contribution is -0.113. The van der Waals surface area contributed by atoms with E-state index in [-0.39, 0.29) is 17.1 Å². The first kappa shape index (κ1) is 24.8. The van der Waals surface area contributed by atoms with Crippen molar-refractivity contribution in [3.63, 3.8) is 0 Å². The van der Waals surface area contributed by atoms with Gasteiger partial charge >= 0.3 is 0 Å². The topological polar surface area (TPSA) is 85.2 Å². The first-order chi connectivity index (χ1) is 16.2. The molecule has 1 aliphatic heterocycles. The van der Waals surface area contributed by atoms with Crippen LogP contribution in [0.4, 0.5) is 11.4 Å². The number of carbonyl (C=O) groups is 1. The molecule has 0 bridgehead atoms. The molecule has 1 amide bonds. The Hall–Kier alpha value is -2.33. The summed E-state index contributed by atoms with van der Waals surface area (Å²) in [5.74, 6) is -0.102. The maximum absolute atomic E-state index is 12.6. The highest BCUT2D eigenvalue weighted by atomic mass is 35.5. The predicted molar refractivity (Wildman–Crippen MR) is 137 cm³/mol. The second-order valence-corrected chi connectivity index (χ2v) is 10.6. The van der Waals surface area contributed by atoms with Crippen LogP contribution in [0.15, 0.2) is 41.6 Å². The summed E-state index contributed by atoms with van der Waals surface area (Å²) in [5.41, 5.74) is 3.31. The minimum absolute atomic E-state index is 0.0277. The zero-order valence-electron chi connectivity index (χ0n) is 19.2. The second-order valence-electron chi connectivity index (χ2n) is 8.89. The number of nitrogens with one attached hydrogen (secondary N) is 1. The lowest BCUT2D eigenvalue weighted by Crippen LogP contribution is -2.36. The van der Waals surface area contributed by atoms with E-state index < -0.39 is 0 Å². The van der Waals surface area contributed by atoms with E-state index >= 15 is 0 Å². The fourth-order valence-corrected chi connectivity index (χ4v) is 4.67. The minimum Gasteiger partial charge on any atom is -0.378 e. The Labute approximate surface area is 212 Å². The third-order valence-corrected chi connectivity index (χ3v) is 6.95. The van der Waals surface area contributed by atoms with E-state index in [1.807, 2.05) is 36.4 Å². The number of hydrogen-bond donors (Lipinski definition) is 1. The van der Waals surface area contributed by atoms with Crippen LogP contribution in [-0.4, -0.2) is 58.2 Å². The lowest BCUT2D eigenvalue weighted by Gasteiger charge is -2.29. The van der Waals surface area contributed by atoms with Crippen molar-refractivity contribution in [1.82, 2.24) is 20.2 Å². The highest BCUT2D eigenvalue weighted by molar-refractivity contribution is 7.99. The van der Waals surface area contributed by atoms with E-state index in [0.29, 0.717) is 39.8 Å². The summed E-state index contributed by atoms with van der Waals surface area (Å²) in [4.78, 5) is 14.8. The number of thioether (sulfide) groups is 1. The fraction of sp³-hybridized carbons (Fsp3) is 0.391. The van der Waals surface area contributed by atoms with Crippen molar-refractivity contribution >= 4 is 52.2 Å². The largest absolute Gasteiger partial charge is 0.378 e. The molecule has 4 rings (SSSR count). The number of tetrazole rings is 1. The maximum Gasteiger partial charge on any atom is 0.234 e. The highest BCUT2D eigenvalue weighted by Gasteiger charge is 2.19. The fourth-order valence-electron chi connectivity index (χ4n) is 3.51. The van der Waals surface area contributed by atoms with E-state index in [1.54, 1.807) is 0 Å². The molecule has 1 saturated heterocycles. The van der Waals surface area contributed by atoms with Gasteiger partial charge in [-0.1, -0.05) is 61.8 Å². The van der Waals surface area contributed by atoms with Gasteiger partial charge in [-0.25, -0.2) is 0 Å². The first-order valence-electron chi connectivity index (χ1n) is 10.9. The molecule has 8 nitrogen and oxygen atoms in total. The molecule has 0 spiro atoms. The molecular weight excluding hydrogens is 495 g/mol. The zero-order chi connectivity index (χ0) is 24.3. The van der Waals surface area contributed by atoms with Crippen molar-refractivity contribution in [3.05, 3.63) is 52.0 Å². The van der Waals surface area contributed by atoms with Gasteiger partial charge in [0.15, 0.2) is 0 Å². The monoisotopic (exact) mass is 520 g/mol. The molecule has 180 valence electrons. The van der Waals surface area contributed by atoms with E-state index in [1.165, 1.54) is 16.4 Å². The van der Waals surface area contributed by atoms with Gasteiger partial charge in [0.2, 0.25) is 11.1 Å². The molecule has 0 radical (unpaired) electrons. The summed E-state index contributed by atoms with van der Waals surface area (Å²) in [7, 11) is 0. The Morgan fingerprint density at radius 3 is 2.56 bits per heavy atom. The molecule has 2 aromatic carbocycles. The van der Waals surface area contributed by atoms with E-state index in [0.717, 1.165) is 24.3 Å². The molecule has 1 aliphatic rings. The van der Waals surface area contributed by atoms with Crippen LogP contribution in [0.5, 0.6) is 0 Å². The summed E-state index contributed by atoms with van der Waals surface area (Å²) in [5, 5.41) is 16.2. The van der Waals surface area contributed by atoms with Gasteiger partial charge in [-0.05, 0) is 51.7 Å². The van der Waals surface area contributed by atoms with Crippen LogP contribution in [0.25, 0.3) is 5.69 Å². The first-order valence-corrected chi connectivity index (χ1v) is 12.6. The summed E-state index contributed by atoms with van der Waals surface area (Å²) in [6.07, 6.45) is 0. The summed E-state index contributed by atoms with van der Waals surface area (Å²) < 4.78 is 6.93. The Morgan fingerprint density at radius 1 is 1.12 bits per heavy atom. The SMILES string of the molecule is CC(C)(C)c1ccc(-n2nnnc2SCC(=O)Nc2ccc(N3CCOCC3)cc2Cl)c(Cl)c1. The zero-order valence-corrected chi connectivity index (χ0v) is 21.5. The molecule has 2 heterocycles. The number of carbonyl (C=O) groups excluding carboxylic acids is 1. The number of halogens is 2. The predicted octanol–water partition coefficient (Wildman–Crippen LogP) is 4.83. The summed E-state index contributed by atoms with van der Waals surface area (Å²) in [6, 6.07) is 11.4. The average Bonchev–Trinajstić information content (AvgIpc) is 3.27. The molecule has 11 heteroatoms. The van der Waals surface area contributed by atoms with Crippen molar-refractivity contribution in [2.45, 2.75) is 31.3 Å². The number of morpholine rings is 1. The molecule has 0 saturated carbocycles. The van der Waals surface area contributed by atoms with Crippen LogP contribution in [0, 0.1) is 0 Å². The van der Waals surface area contributed by atoms with Crippen molar-refractivity contribution in [2.24, 2.45) is 0 Å². The average molecular weight is 521 g/mol. The molecule has 3 aromatic rings. The lowest BCUT2D eigenvalue weighted by atomic mass is 9.87. The normalized spacial score (nSPS) is 14.3. The number of amides is 1. The van der Waals surface area contributed by atoms with E-state index in [9.17, 15) is 4.79 Å². The van der Waals surface area contributed by atoms with Crippen molar-refractivity contribution in [3.8, 4) is 5.69 Å². The summed E-state index contributed by atoms with van der Waals surface area (Å²) in [6.45, 7) is 9.39. The van der Waals surface area contributed by atoms with Gasteiger partial charge < -0.3 is 15.0 Å². The molecule has 0 aliphatic carbocycles. The number of benzene rings is 2. The Bertz CT molecular complexity index is 1170. The molecule has 1 N–H and O–H groups in total. The van der Waals surface area contributed by atoms with Crippen LogP contribution in [0.2, 0.25) is 10.0 Å². The number of nitrogens with zero attached hydrogens (tertiary/aromatic N) is 5. The highest BCUT2D eigenvalue weighted by Crippen LogP contribution is 2.31. The number of rotatable bonds is 6. The van der Waals surface area contributed by atoms with Gasteiger partial charge in [-0.3, -0.25) is 4.79 Å². The van der Waals surface area contributed by atoms with Crippen LogP contribution in [0.1, 0.15) is 26.3 Å². The molecule has 1 aromatic heterocycles. The van der Waals surface area contributed by atoms with Gasteiger partial charge in [0.05, 0.1) is 40.4 Å². The molecular formula is C23H26Cl2N6O2S. The van der Waals surface area contributed by atoms with Gasteiger partial charge in [0.1, 0.15) is 0 Å². The van der Waals surface area contributed by atoms with Crippen molar-refractivity contribution < 1.29 is 9.53 Å². The van der Waals surface area contributed by atoms with Crippen LogP contribution in [0.3, 0.4) is 0 Å². The van der Waals surface area contributed by atoms with Gasteiger partial charge in [-0.2, -0.15) is 4.68 Å². The standard InChI is InChI=1S/C23H26Cl2N6O2S/c1-23(2,3)15-4-7-20(18(25)12-15)31-22(27-28-29-31)34-14-21(32)26-19-6-5-16(13-17(19)24)30-8-10-33-11-9-30/h4-7,12-13H,8-11,14H2,1-3H3,(H,26,32). The third-order valence-electron chi connectivity index (χ3n) is 5.42. The Kier molecular flexibility index (Phi) is 7.67. The Morgan fingerprint density at radius 2 is 1.88 bits per heavy atom. The van der Waals surface area contributed by atoms with Crippen molar-refractivity contribution in [2.75, 3.05) is 42.3 Å². The van der Waals surface area contributed by atoms with Gasteiger partial charge in [0, 0.05) is 18.8 Å². The van der Waals surface area contributed by atoms with Crippen LogP contribution >= 0.6 is 35.0 Å². The van der Waals surface area contributed by atoms with Gasteiger partial charge in [-0.15, -0.1) is 5.10 Å². The molecule has 0 unspecified atom stereocenters. The second kappa shape index (κ2) is 10.5. The van der Waals surface area contributed by atoms with Crippen LogP contribution in [-0.2, 0) is 14.9 Å². The van der Waals surface area contributed by atoms with E-state index in [2.05, 4.69) is 46.5 Å². The molecule has 0 atom stereocenters. The number of anilines is 2. The minimum atomic E-state index is -0.213. The number of aromatic nitrogens is 4. The third kappa shape index (κ3) is 5.83. The van der Waals surface area contributed by atoms with E-state index in [4.69, 9.17) is 27.9 Å². The number of hydrogen-bond acceptors (Lipinski definition) is 7. The molecule has 1 fully saturated rings. The Balaban J connectivity index is 1.40. The molecule has 34 heavy (non-hydrogen) atoms. The van der Waals surface area contributed by atoms with Crippen molar-refractivity contribution in [1.29, 1.82) is 0 Å². The number of ether oxygens (including phenoxy) is 1. The summed E-state index contributed by atoms with van der Waals surface area (Å²) >= 11 is 14.2. The van der Waals surface area contributed by atoms with Crippen LogP contribution < -0.4 is 10.2 Å². The smallest absolute Gasteiger partial charge is 0.234 e. The van der Waals surface area contributed by atoms with Gasteiger partial charge in [0.25, 0.3) is 0 Å².